The largest absolute Gasteiger partial charge is 0.312 e. The Bertz CT molecular complexity index is 377. The molecule has 2 heterocycles. The summed E-state index contributed by atoms with van der Waals surface area (Å²) < 4.78 is 24.5. The number of nitrogens with zero attached hydrogens (tertiary/aromatic N) is 2. The van der Waals surface area contributed by atoms with Gasteiger partial charge in [0.05, 0.1) is 6.26 Å². The molecule has 1 unspecified atom stereocenters. The maximum Gasteiger partial charge on any atom is 0.211 e. The summed E-state index contributed by atoms with van der Waals surface area (Å²) in [5.74, 6) is 0. The van der Waals surface area contributed by atoms with Crippen molar-refractivity contribution in [2.24, 2.45) is 0 Å². The van der Waals surface area contributed by atoms with E-state index in [0.29, 0.717) is 25.2 Å². The molecule has 112 valence electrons. The van der Waals surface area contributed by atoms with Gasteiger partial charge >= 0.3 is 0 Å². The van der Waals surface area contributed by atoms with Gasteiger partial charge in [0, 0.05) is 31.7 Å². The number of piperidine rings is 2. The SMILES string of the molecule is CN1CCCCC1CNC1CCN(S(C)(=O)=O)CC1. The van der Waals surface area contributed by atoms with Gasteiger partial charge in [0.15, 0.2) is 0 Å². The lowest BCUT2D eigenvalue weighted by molar-refractivity contribution is 0.171. The minimum Gasteiger partial charge on any atom is -0.312 e. The van der Waals surface area contributed by atoms with E-state index < -0.39 is 10.0 Å². The van der Waals surface area contributed by atoms with E-state index in [1.54, 1.807) is 4.31 Å². The zero-order chi connectivity index (χ0) is 13.9. The third-order valence-corrected chi connectivity index (χ3v) is 5.79. The smallest absolute Gasteiger partial charge is 0.211 e. The van der Waals surface area contributed by atoms with E-state index in [9.17, 15) is 8.42 Å². The molecule has 2 saturated heterocycles. The van der Waals surface area contributed by atoms with Gasteiger partial charge in [-0.3, -0.25) is 0 Å². The second-order valence-corrected chi connectivity index (χ2v) is 7.96. The molecule has 2 aliphatic heterocycles. The summed E-state index contributed by atoms with van der Waals surface area (Å²) in [6.45, 7) is 3.58. The van der Waals surface area contributed by atoms with Gasteiger partial charge in [0.1, 0.15) is 0 Å². The highest BCUT2D eigenvalue weighted by atomic mass is 32.2. The predicted octanol–water partition coefficient (Wildman–Crippen LogP) is 0.484. The Hall–Kier alpha value is -0.170. The molecule has 0 aromatic heterocycles. The van der Waals surface area contributed by atoms with Crippen molar-refractivity contribution in [3.8, 4) is 0 Å². The maximum atomic E-state index is 11.4. The van der Waals surface area contributed by atoms with Crippen LogP contribution in [0.2, 0.25) is 0 Å². The normalized spacial score (nSPS) is 28.6. The van der Waals surface area contributed by atoms with Crippen LogP contribution in [0.15, 0.2) is 0 Å². The predicted molar refractivity (Wildman–Crippen MR) is 77.7 cm³/mol. The van der Waals surface area contributed by atoms with Crippen molar-refractivity contribution in [3.63, 3.8) is 0 Å². The third kappa shape index (κ3) is 4.41. The van der Waals surface area contributed by atoms with Crippen molar-refractivity contribution >= 4 is 10.0 Å². The topological polar surface area (TPSA) is 52.6 Å². The van der Waals surface area contributed by atoms with Gasteiger partial charge in [-0.25, -0.2) is 12.7 Å². The summed E-state index contributed by atoms with van der Waals surface area (Å²) in [4.78, 5) is 2.45. The van der Waals surface area contributed by atoms with E-state index in [0.717, 1.165) is 19.4 Å². The molecule has 6 heteroatoms. The van der Waals surface area contributed by atoms with Crippen LogP contribution in [-0.2, 0) is 10.0 Å². The summed E-state index contributed by atoms with van der Waals surface area (Å²) in [6.07, 6.45) is 7.11. The van der Waals surface area contributed by atoms with Gasteiger partial charge in [-0.2, -0.15) is 0 Å². The first-order chi connectivity index (χ1) is 8.97. The molecule has 0 radical (unpaired) electrons. The van der Waals surface area contributed by atoms with E-state index in [-0.39, 0.29) is 0 Å². The Labute approximate surface area is 117 Å². The molecular formula is C13H27N3O2S. The summed E-state index contributed by atoms with van der Waals surface area (Å²) in [5, 5.41) is 3.63. The highest BCUT2D eigenvalue weighted by molar-refractivity contribution is 7.88. The minimum absolute atomic E-state index is 0.480. The number of likely N-dealkylation sites (tertiary alicyclic amines) is 1. The van der Waals surface area contributed by atoms with Gasteiger partial charge < -0.3 is 10.2 Å². The molecule has 0 aliphatic carbocycles. The fourth-order valence-electron chi connectivity index (χ4n) is 3.10. The van der Waals surface area contributed by atoms with E-state index in [4.69, 9.17) is 0 Å². The van der Waals surface area contributed by atoms with Crippen molar-refractivity contribution in [3.05, 3.63) is 0 Å². The molecular weight excluding hydrogens is 262 g/mol. The average molecular weight is 289 g/mol. The van der Waals surface area contributed by atoms with Crippen LogP contribution in [0.5, 0.6) is 0 Å². The molecule has 0 aromatic rings. The Morgan fingerprint density at radius 1 is 1.11 bits per heavy atom. The standard InChI is InChI=1S/C13H27N3O2S/c1-15-8-4-3-5-13(15)11-14-12-6-9-16(10-7-12)19(2,17)18/h12-14H,3-11H2,1-2H3. The highest BCUT2D eigenvalue weighted by Gasteiger charge is 2.26. The lowest BCUT2D eigenvalue weighted by atomic mass is 10.0. The third-order valence-electron chi connectivity index (χ3n) is 4.49. The van der Waals surface area contributed by atoms with Crippen LogP contribution in [0, 0.1) is 0 Å². The first-order valence-electron chi connectivity index (χ1n) is 7.35. The van der Waals surface area contributed by atoms with Crippen LogP contribution in [0.25, 0.3) is 0 Å². The van der Waals surface area contributed by atoms with Crippen LogP contribution < -0.4 is 5.32 Å². The number of sulfonamides is 1. The van der Waals surface area contributed by atoms with Gasteiger partial charge in [0.25, 0.3) is 0 Å². The zero-order valence-corrected chi connectivity index (χ0v) is 13.0. The molecule has 0 saturated carbocycles. The first-order valence-corrected chi connectivity index (χ1v) is 9.20. The van der Waals surface area contributed by atoms with Crippen molar-refractivity contribution < 1.29 is 8.42 Å². The van der Waals surface area contributed by atoms with E-state index in [1.165, 1.54) is 32.1 Å². The molecule has 0 aromatic carbocycles. The van der Waals surface area contributed by atoms with Gasteiger partial charge in [-0.15, -0.1) is 0 Å². The lowest BCUT2D eigenvalue weighted by Crippen LogP contribution is -2.49. The fourth-order valence-corrected chi connectivity index (χ4v) is 3.97. The van der Waals surface area contributed by atoms with Crippen LogP contribution in [-0.4, -0.2) is 69.2 Å². The summed E-state index contributed by atoms with van der Waals surface area (Å²) in [7, 11) is -0.790. The zero-order valence-electron chi connectivity index (χ0n) is 12.1. The number of rotatable bonds is 4. The minimum atomic E-state index is -3.00. The Morgan fingerprint density at radius 3 is 2.37 bits per heavy atom. The van der Waals surface area contributed by atoms with Crippen molar-refractivity contribution in [2.75, 3.05) is 39.5 Å². The molecule has 19 heavy (non-hydrogen) atoms. The molecule has 2 rings (SSSR count). The lowest BCUT2D eigenvalue weighted by Gasteiger charge is -2.35. The number of hydrogen-bond donors (Lipinski definition) is 1. The second kappa shape index (κ2) is 6.52. The number of nitrogens with one attached hydrogen (secondary N) is 1. The fraction of sp³-hybridized carbons (Fsp3) is 1.00. The van der Waals surface area contributed by atoms with Crippen LogP contribution in [0.4, 0.5) is 0 Å². The second-order valence-electron chi connectivity index (χ2n) is 5.97. The molecule has 0 amide bonds. The van der Waals surface area contributed by atoms with Crippen molar-refractivity contribution in [1.29, 1.82) is 0 Å². The Balaban J connectivity index is 1.71. The van der Waals surface area contributed by atoms with Crippen molar-refractivity contribution in [1.82, 2.24) is 14.5 Å². The average Bonchev–Trinajstić information content (AvgIpc) is 2.37. The molecule has 2 aliphatic rings. The van der Waals surface area contributed by atoms with E-state index in [2.05, 4.69) is 17.3 Å². The Kier molecular flexibility index (Phi) is 5.22. The van der Waals surface area contributed by atoms with Crippen molar-refractivity contribution in [2.45, 2.75) is 44.2 Å². The monoisotopic (exact) mass is 289 g/mol. The Morgan fingerprint density at radius 2 is 1.79 bits per heavy atom. The summed E-state index contributed by atoms with van der Waals surface area (Å²) in [5.41, 5.74) is 0. The summed E-state index contributed by atoms with van der Waals surface area (Å²) in [6, 6.07) is 1.13. The van der Waals surface area contributed by atoms with E-state index >= 15 is 0 Å². The molecule has 0 bridgehead atoms. The quantitative estimate of drug-likeness (QED) is 0.818. The van der Waals surface area contributed by atoms with Crippen LogP contribution in [0.3, 0.4) is 0 Å². The molecule has 1 atom stereocenters. The molecule has 2 fully saturated rings. The van der Waals surface area contributed by atoms with E-state index in [1.807, 2.05) is 0 Å². The highest BCUT2D eigenvalue weighted by Crippen LogP contribution is 2.16. The maximum absolute atomic E-state index is 11.4. The van der Waals surface area contributed by atoms with Crippen LogP contribution in [0.1, 0.15) is 32.1 Å². The number of hydrogen-bond acceptors (Lipinski definition) is 4. The first kappa shape index (κ1) is 15.2. The van der Waals surface area contributed by atoms with Gasteiger partial charge in [0.2, 0.25) is 10.0 Å². The van der Waals surface area contributed by atoms with Crippen LogP contribution >= 0.6 is 0 Å². The molecule has 1 N–H and O–H groups in total. The van der Waals surface area contributed by atoms with Gasteiger partial charge in [-0.05, 0) is 39.3 Å². The molecule has 0 spiro atoms. The molecule has 5 nitrogen and oxygen atoms in total. The van der Waals surface area contributed by atoms with Gasteiger partial charge in [-0.1, -0.05) is 6.42 Å². The summed E-state index contributed by atoms with van der Waals surface area (Å²) >= 11 is 0. The number of likely N-dealkylation sites (N-methyl/N-ethyl adjacent to an activating group) is 1.